The van der Waals surface area contributed by atoms with Crippen molar-refractivity contribution in [3.8, 4) is 11.8 Å². The summed E-state index contributed by atoms with van der Waals surface area (Å²) in [6.07, 6.45) is -2.73. The molecular formula is C13H12F3NO. The third kappa shape index (κ3) is 2.58. The van der Waals surface area contributed by atoms with E-state index in [0.29, 0.717) is 12.8 Å². The van der Waals surface area contributed by atoms with Gasteiger partial charge in [-0.3, -0.25) is 0 Å². The Labute approximate surface area is 103 Å². The zero-order valence-electron chi connectivity index (χ0n) is 9.57. The molecule has 0 amide bonds. The average molecular weight is 255 g/mol. The highest BCUT2D eigenvalue weighted by molar-refractivity contribution is 5.35. The van der Waals surface area contributed by atoms with Crippen LogP contribution < -0.4 is 4.74 Å². The van der Waals surface area contributed by atoms with Crippen molar-refractivity contribution in [3.63, 3.8) is 0 Å². The standard InChI is InChI=1S/C13H12F3NO/c14-13(15,16)10-5-1-2-6-12(10)18-11-7-3-4-9(11)8-17/h1-2,5-6,9,11H,3-4,7H2. The molecule has 2 unspecified atom stereocenters. The second kappa shape index (κ2) is 4.89. The summed E-state index contributed by atoms with van der Waals surface area (Å²) in [7, 11) is 0. The summed E-state index contributed by atoms with van der Waals surface area (Å²) in [6, 6.07) is 7.21. The third-order valence-electron chi connectivity index (χ3n) is 3.09. The normalized spacial score (nSPS) is 23.7. The molecule has 0 bridgehead atoms. The zero-order valence-corrected chi connectivity index (χ0v) is 9.57. The molecule has 1 aromatic rings. The predicted molar refractivity (Wildman–Crippen MR) is 58.8 cm³/mol. The van der Waals surface area contributed by atoms with Crippen LogP contribution in [-0.4, -0.2) is 6.10 Å². The number of hydrogen-bond donors (Lipinski definition) is 0. The molecule has 0 saturated heterocycles. The van der Waals surface area contributed by atoms with Crippen LogP contribution in [0.1, 0.15) is 24.8 Å². The van der Waals surface area contributed by atoms with Gasteiger partial charge >= 0.3 is 6.18 Å². The number of rotatable bonds is 2. The third-order valence-corrected chi connectivity index (χ3v) is 3.09. The van der Waals surface area contributed by atoms with Gasteiger partial charge in [0.2, 0.25) is 0 Å². The van der Waals surface area contributed by atoms with Gasteiger partial charge in [0.25, 0.3) is 0 Å². The van der Waals surface area contributed by atoms with E-state index in [4.69, 9.17) is 10.00 Å². The topological polar surface area (TPSA) is 33.0 Å². The van der Waals surface area contributed by atoms with Gasteiger partial charge in [-0.2, -0.15) is 18.4 Å². The molecular weight excluding hydrogens is 243 g/mol. The van der Waals surface area contributed by atoms with Gasteiger partial charge in [0, 0.05) is 0 Å². The van der Waals surface area contributed by atoms with Crippen molar-refractivity contribution in [3.05, 3.63) is 29.8 Å². The molecule has 0 heterocycles. The first kappa shape index (κ1) is 12.7. The maximum absolute atomic E-state index is 12.8. The minimum Gasteiger partial charge on any atom is -0.488 e. The van der Waals surface area contributed by atoms with Gasteiger partial charge in [0.05, 0.1) is 17.6 Å². The van der Waals surface area contributed by atoms with Crippen LogP contribution in [0, 0.1) is 17.2 Å². The van der Waals surface area contributed by atoms with E-state index in [9.17, 15) is 13.2 Å². The summed E-state index contributed by atoms with van der Waals surface area (Å²) in [4.78, 5) is 0. The Hall–Kier alpha value is -1.70. The lowest BCUT2D eigenvalue weighted by Gasteiger charge is -2.19. The summed E-state index contributed by atoms with van der Waals surface area (Å²) < 4.78 is 43.7. The highest BCUT2D eigenvalue weighted by atomic mass is 19.4. The predicted octanol–water partition coefficient (Wildman–Crippen LogP) is 3.78. The molecule has 96 valence electrons. The molecule has 1 fully saturated rings. The molecule has 2 rings (SSSR count). The number of benzene rings is 1. The van der Waals surface area contributed by atoms with Crippen molar-refractivity contribution in [1.82, 2.24) is 0 Å². The fraction of sp³-hybridized carbons (Fsp3) is 0.462. The molecule has 1 aliphatic rings. The Morgan fingerprint density at radius 3 is 2.61 bits per heavy atom. The Morgan fingerprint density at radius 2 is 1.94 bits per heavy atom. The van der Waals surface area contributed by atoms with E-state index in [2.05, 4.69) is 6.07 Å². The monoisotopic (exact) mass is 255 g/mol. The molecule has 1 saturated carbocycles. The summed E-state index contributed by atoms with van der Waals surface area (Å²) >= 11 is 0. The van der Waals surface area contributed by atoms with E-state index in [1.807, 2.05) is 0 Å². The number of nitriles is 1. The number of ether oxygens (including phenoxy) is 1. The Bertz CT molecular complexity index is 464. The van der Waals surface area contributed by atoms with Crippen LogP contribution in [0.2, 0.25) is 0 Å². The number of alkyl halides is 3. The smallest absolute Gasteiger partial charge is 0.419 e. The molecule has 2 nitrogen and oxygen atoms in total. The van der Waals surface area contributed by atoms with Crippen LogP contribution in [0.15, 0.2) is 24.3 Å². The molecule has 18 heavy (non-hydrogen) atoms. The molecule has 0 aliphatic heterocycles. The first-order chi connectivity index (χ1) is 8.52. The van der Waals surface area contributed by atoms with Crippen molar-refractivity contribution in [2.24, 2.45) is 5.92 Å². The van der Waals surface area contributed by atoms with E-state index in [-0.39, 0.29) is 11.7 Å². The van der Waals surface area contributed by atoms with E-state index in [1.54, 1.807) is 0 Å². The van der Waals surface area contributed by atoms with E-state index in [0.717, 1.165) is 12.5 Å². The Balaban J connectivity index is 2.22. The molecule has 0 N–H and O–H groups in total. The fourth-order valence-corrected chi connectivity index (χ4v) is 2.18. The van der Waals surface area contributed by atoms with Crippen LogP contribution in [0.4, 0.5) is 13.2 Å². The SMILES string of the molecule is N#CC1CCCC1Oc1ccccc1C(F)(F)F. The van der Waals surface area contributed by atoms with E-state index in [1.165, 1.54) is 18.2 Å². The van der Waals surface area contributed by atoms with Crippen LogP contribution >= 0.6 is 0 Å². The molecule has 1 aliphatic carbocycles. The Kier molecular flexibility index (Phi) is 3.46. The van der Waals surface area contributed by atoms with E-state index < -0.39 is 17.8 Å². The number of hydrogen-bond acceptors (Lipinski definition) is 2. The summed E-state index contributed by atoms with van der Waals surface area (Å²) in [5, 5.41) is 8.89. The second-order valence-corrected chi connectivity index (χ2v) is 4.32. The highest BCUT2D eigenvalue weighted by Crippen LogP contribution is 2.38. The summed E-state index contributed by atoms with van der Waals surface area (Å²) in [6.45, 7) is 0. The van der Waals surface area contributed by atoms with Crippen LogP contribution in [0.5, 0.6) is 5.75 Å². The number of nitrogens with zero attached hydrogens (tertiary/aromatic N) is 1. The lowest BCUT2D eigenvalue weighted by Crippen LogP contribution is -2.22. The molecule has 5 heteroatoms. The summed E-state index contributed by atoms with van der Waals surface area (Å²) in [5.74, 6) is -0.497. The second-order valence-electron chi connectivity index (χ2n) is 4.32. The van der Waals surface area contributed by atoms with E-state index >= 15 is 0 Å². The first-order valence-corrected chi connectivity index (χ1v) is 5.75. The number of para-hydroxylation sites is 1. The maximum atomic E-state index is 12.8. The molecule has 2 atom stereocenters. The molecule has 0 aromatic heterocycles. The lowest BCUT2D eigenvalue weighted by molar-refractivity contribution is -0.139. The van der Waals surface area contributed by atoms with Crippen LogP contribution in [0.3, 0.4) is 0 Å². The highest BCUT2D eigenvalue weighted by Gasteiger charge is 2.36. The minimum absolute atomic E-state index is 0.183. The molecule has 0 spiro atoms. The van der Waals surface area contributed by atoms with Crippen LogP contribution in [0.25, 0.3) is 0 Å². The van der Waals surface area contributed by atoms with Crippen molar-refractivity contribution in [2.45, 2.75) is 31.5 Å². The van der Waals surface area contributed by atoms with Gasteiger partial charge < -0.3 is 4.74 Å². The van der Waals surface area contributed by atoms with Gasteiger partial charge in [-0.1, -0.05) is 12.1 Å². The average Bonchev–Trinajstić information content (AvgIpc) is 2.75. The van der Waals surface area contributed by atoms with Gasteiger partial charge in [-0.15, -0.1) is 0 Å². The van der Waals surface area contributed by atoms with Gasteiger partial charge in [-0.25, -0.2) is 0 Å². The zero-order chi connectivity index (χ0) is 13.2. The first-order valence-electron chi connectivity index (χ1n) is 5.75. The van der Waals surface area contributed by atoms with Crippen molar-refractivity contribution >= 4 is 0 Å². The minimum atomic E-state index is -4.43. The van der Waals surface area contributed by atoms with Gasteiger partial charge in [-0.05, 0) is 31.4 Å². The van der Waals surface area contributed by atoms with Crippen LogP contribution in [-0.2, 0) is 6.18 Å². The Morgan fingerprint density at radius 1 is 1.22 bits per heavy atom. The van der Waals surface area contributed by atoms with Crippen molar-refractivity contribution in [2.75, 3.05) is 0 Å². The van der Waals surface area contributed by atoms with Gasteiger partial charge in [0.15, 0.2) is 0 Å². The lowest BCUT2D eigenvalue weighted by atomic mass is 10.1. The van der Waals surface area contributed by atoms with Gasteiger partial charge in [0.1, 0.15) is 11.9 Å². The largest absolute Gasteiger partial charge is 0.488 e. The maximum Gasteiger partial charge on any atom is 0.419 e. The molecule has 0 radical (unpaired) electrons. The molecule has 1 aromatic carbocycles. The van der Waals surface area contributed by atoms with Crippen molar-refractivity contribution in [1.29, 1.82) is 5.26 Å². The number of halogens is 3. The van der Waals surface area contributed by atoms with Crippen molar-refractivity contribution < 1.29 is 17.9 Å². The quantitative estimate of drug-likeness (QED) is 0.805. The fourth-order valence-electron chi connectivity index (χ4n) is 2.18. The summed E-state index contributed by atoms with van der Waals surface area (Å²) in [5.41, 5.74) is -0.784.